The van der Waals surface area contributed by atoms with Crippen LogP contribution in [0.25, 0.3) is 33.6 Å². The van der Waals surface area contributed by atoms with Gasteiger partial charge in [-0.3, -0.25) is 9.48 Å². The Kier molecular flexibility index (Phi) is 5.10. The molecule has 0 saturated heterocycles. The van der Waals surface area contributed by atoms with Crippen molar-refractivity contribution in [1.82, 2.24) is 14.8 Å². The summed E-state index contributed by atoms with van der Waals surface area (Å²) in [6.45, 7) is 2.27. The highest BCUT2D eigenvalue weighted by atomic mass is 19.1. The monoisotopic (exact) mass is 405 g/mol. The molecular formula is C23H17F2N3O2. The van der Waals surface area contributed by atoms with Gasteiger partial charge in [-0.1, -0.05) is 18.2 Å². The largest absolute Gasteiger partial charge is 0.410 e. The van der Waals surface area contributed by atoms with Crippen LogP contribution in [0.3, 0.4) is 0 Å². The molecule has 0 aliphatic heterocycles. The first-order valence-corrected chi connectivity index (χ1v) is 9.14. The summed E-state index contributed by atoms with van der Waals surface area (Å²) in [4.78, 5) is 14.6. The summed E-state index contributed by atoms with van der Waals surface area (Å²) in [5.74, 6) is -1.13. The SMILES string of the molecule is Cc1ccc(-c2ccnc(OC=O)c2)cc1-c1cc(-c2c(F)cccc2F)nn1C. The number of ether oxygens (including phenoxy) is 1. The lowest BCUT2D eigenvalue weighted by molar-refractivity contribution is -0.120. The molecule has 0 N–H and O–H groups in total. The zero-order valence-corrected chi connectivity index (χ0v) is 16.3. The lowest BCUT2D eigenvalue weighted by atomic mass is 9.98. The van der Waals surface area contributed by atoms with Gasteiger partial charge in [0.15, 0.2) is 0 Å². The molecule has 0 bridgehead atoms. The minimum absolute atomic E-state index is 0.155. The van der Waals surface area contributed by atoms with Crippen LogP contribution in [-0.2, 0) is 11.8 Å². The summed E-state index contributed by atoms with van der Waals surface area (Å²) >= 11 is 0. The number of hydrogen-bond donors (Lipinski definition) is 0. The summed E-state index contributed by atoms with van der Waals surface area (Å²) in [5, 5.41) is 4.33. The second-order valence-electron chi connectivity index (χ2n) is 6.76. The Bertz CT molecular complexity index is 1230. The third kappa shape index (κ3) is 3.57. The molecule has 0 aliphatic carbocycles. The van der Waals surface area contributed by atoms with E-state index in [1.165, 1.54) is 18.2 Å². The van der Waals surface area contributed by atoms with Crippen LogP contribution in [0.15, 0.2) is 60.8 Å². The van der Waals surface area contributed by atoms with Crippen LogP contribution in [-0.4, -0.2) is 21.2 Å². The molecule has 150 valence electrons. The van der Waals surface area contributed by atoms with Gasteiger partial charge in [-0.25, -0.2) is 13.8 Å². The highest BCUT2D eigenvalue weighted by Crippen LogP contribution is 2.33. The van der Waals surface area contributed by atoms with Gasteiger partial charge in [-0.2, -0.15) is 5.10 Å². The van der Waals surface area contributed by atoms with Crippen LogP contribution in [0, 0.1) is 18.6 Å². The maximum atomic E-state index is 14.2. The molecule has 0 atom stereocenters. The number of rotatable bonds is 5. The first kappa shape index (κ1) is 19.4. The van der Waals surface area contributed by atoms with Crippen molar-refractivity contribution in [2.24, 2.45) is 7.05 Å². The van der Waals surface area contributed by atoms with E-state index in [0.717, 1.165) is 22.3 Å². The van der Waals surface area contributed by atoms with E-state index in [-0.39, 0.29) is 17.1 Å². The quantitative estimate of drug-likeness (QED) is 0.442. The van der Waals surface area contributed by atoms with Gasteiger partial charge in [0.25, 0.3) is 6.47 Å². The molecule has 2 aromatic carbocycles. The van der Waals surface area contributed by atoms with Crippen LogP contribution < -0.4 is 4.74 Å². The topological polar surface area (TPSA) is 57.0 Å². The third-order valence-corrected chi connectivity index (χ3v) is 4.85. The maximum Gasteiger partial charge on any atom is 0.299 e. The van der Waals surface area contributed by atoms with Gasteiger partial charge in [0.1, 0.15) is 11.6 Å². The Labute approximate surface area is 171 Å². The number of carbonyl (C=O) groups excluding carboxylic acids is 1. The molecule has 0 fully saturated rings. The van der Waals surface area contributed by atoms with Gasteiger partial charge in [-0.05, 0) is 53.9 Å². The summed E-state index contributed by atoms with van der Waals surface area (Å²) in [5.41, 5.74) is 4.29. The molecule has 7 heteroatoms. The van der Waals surface area contributed by atoms with Gasteiger partial charge in [0, 0.05) is 24.9 Å². The lowest BCUT2D eigenvalue weighted by Gasteiger charge is -2.10. The fourth-order valence-corrected chi connectivity index (χ4v) is 3.36. The number of halogens is 2. The molecule has 0 unspecified atom stereocenters. The van der Waals surface area contributed by atoms with Gasteiger partial charge >= 0.3 is 0 Å². The van der Waals surface area contributed by atoms with E-state index in [0.29, 0.717) is 12.2 Å². The first-order valence-electron chi connectivity index (χ1n) is 9.14. The molecule has 0 saturated carbocycles. The van der Waals surface area contributed by atoms with Crippen LogP contribution in [0.1, 0.15) is 5.56 Å². The maximum absolute atomic E-state index is 14.2. The predicted molar refractivity (Wildman–Crippen MR) is 109 cm³/mol. The Balaban J connectivity index is 1.80. The molecule has 0 radical (unpaired) electrons. The van der Waals surface area contributed by atoms with Crippen molar-refractivity contribution >= 4 is 6.47 Å². The summed E-state index contributed by atoms with van der Waals surface area (Å²) < 4.78 is 34.8. The molecule has 5 nitrogen and oxygen atoms in total. The highest BCUT2D eigenvalue weighted by Gasteiger charge is 2.18. The Hall–Kier alpha value is -3.87. The Morgan fingerprint density at radius 3 is 2.47 bits per heavy atom. The zero-order valence-electron chi connectivity index (χ0n) is 16.3. The smallest absolute Gasteiger partial charge is 0.299 e. The molecule has 30 heavy (non-hydrogen) atoms. The number of nitrogens with zero attached hydrogens (tertiary/aromatic N) is 3. The second-order valence-corrected chi connectivity index (χ2v) is 6.76. The highest BCUT2D eigenvalue weighted by molar-refractivity contribution is 5.77. The van der Waals surface area contributed by atoms with E-state index in [1.54, 1.807) is 36.1 Å². The van der Waals surface area contributed by atoms with Gasteiger partial charge in [0.05, 0.1) is 17.0 Å². The van der Waals surface area contributed by atoms with Crippen molar-refractivity contribution in [2.75, 3.05) is 0 Å². The number of carbonyl (C=O) groups is 1. The summed E-state index contributed by atoms with van der Waals surface area (Å²) in [7, 11) is 1.73. The van der Waals surface area contributed by atoms with Crippen molar-refractivity contribution in [3.8, 4) is 39.5 Å². The predicted octanol–water partition coefficient (Wildman–Crippen LogP) is 4.94. The number of aryl methyl sites for hydroxylation is 2. The number of benzene rings is 2. The van der Waals surface area contributed by atoms with E-state index in [9.17, 15) is 13.6 Å². The van der Waals surface area contributed by atoms with E-state index in [2.05, 4.69) is 10.1 Å². The normalized spacial score (nSPS) is 10.8. The van der Waals surface area contributed by atoms with E-state index < -0.39 is 11.6 Å². The fourth-order valence-electron chi connectivity index (χ4n) is 3.36. The molecule has 0 spiro atoms. The average Bonchev–Trinajstić information content (AvgIpc) is 3.09. The van der Waals surface area contributed by atoms with Crippen molar-refractivity contribution in [2.45, 2.75) is 6.92 Å². The van der Waals surface area contributed by atoms with Crippen molar-refractivity contribution in [3.05, 3.63) is 78.0 Å². The lowest BCUT2D eigenvalue weighted by Crippen LogP contribution is -1.97. The third-order valence-electron chi connectivity index (χ3n) is 4.85. The van der Waals surface area contributed by atoms with E-state index >= 15 is 0 Å². The Morgan fingerprint density at radius 2 is 1.73 bits per heavy atom. The molecule has 0 amide bonds. The minimum Gasteiger partial charge on any atom is -0.410 e. The molecule has 2 aromatic heterocycles. The van der Waals surface area contributed by atoms with Crippen LogP contribution >= 0.6 is 0 Å². The van der Waals surface area contributed by atoms with Crippen molar-refractivity contribution in [1.29, 1.82) is 0 Å². The molecule has 4 rings (SSSR count). The number of aromatic nitrogens is 3. The summed E-state index contributed by atoms with van der Waals surface area (Å²) in [6, 6.07) is 14.7. The number of pyridine rings is 1. The van der Waals surface area contributed by atoms with Crippen LogP contribution in [0.2, 0.25) is 0 Å². The van der Waals surface area contributed by atoms with Crippen molar-refractivity contribution in [3.63, 3.8) is 0 Å². The fraction of sp³-hybridized carbons (Fsp3) is 0.0870. The zero-order chi connectivity index (χ0) is 21.3. The van der Waals surface area contributed by atoms with Gasteiger partial charge < -0.3 is 4.74 Å². The first-order chi connectivity index (χ1) is 14.5. The van der Waals surface area contributed by atoms with E-state index in [4.69, 9.17) is 4.74 Å². The van der Waals surface area contributed by atoms with Crippen LogP contribution in [0.5, 0.6) is 5.88 Å². The van der Waals surface area contributed by atoms with Crippen LogP contribution in [0.4, 0.5) is 8.78 Å². The molecule has 0 aliphatic rings. The standard InChI is InChI=1S/C23H17F2N3O2/c1-14-6-7-15(16-8-9-26-22(11-16)30-13-29)10-17(14)21-12-20(27-28(21)2)23-18(24)4-3-5-19(23)25/h3-13H,1-2H3. The molecular weight excluding hydrogens is 388 g/mol. The number of hydrogen-bond acceptors (Lipinski definition) is 4. The van der Waals surface area contributed by atoms with Gasteiger partial charge in [-0.15, -0.1) is 0 Å². The average molecular weight is 405 g/mol. The Morgan fingerprint density at radius 1 is 1.00 bits per heavy atom. The molecule has 4 aromatic rings. The van der Waals surface area contributed by atoms with E-state index in [1.807, 2.05) is 25.1 Å². The summed E-state index contributed by atoms with van der Waals surface area (Å²) in [6.07, 6.45) is 1.55. The second kappa shape index (κ2) is 7.87. The van der Waals surface area contributed by atoms with Gasteiger partial charge in [0.2, 0.25) is 5.88 Å². The minimum atomic E-state index is -0.662. The van der Waals surface area contributed by atoms with Crippen molar-refractivity contribution < 1.29 is 18.3 Å². The molecule has 2 heterocycles.